The molecule has 1 aliphatic heterocycles. The summed E-state index contributed by atoms with van der Waals surface area (Å²) in [5, 5.41) is 3.16. The quantitative estimate of drug-likeness (QED) is 0.233. The summed E-state index contributed by atoms with van der Waals surface area (Å²) in [5.41, 5.74) is 2.27. The molecule has 0 fully saturated rings. The van der Waals surface area contributed by atoms with E-state index >= 15 is 4.39 Å². The minimum Gasteiger partial charge on any atom is -0.495 e. The molecule has 48 heavy (non-hydrogen) atoms. The molecule has 0 aliphatic carbocycles. The third-order valence-corrected chi connectivity index (χ3v) is 10.4. The Kier molecular flexibility index (Phi) is 7.63. The Labute approximate surface area is 275 Å². The van der Waals surface area contributed by atoms with Gasteiger partial charge >= 0.3 is 0 Å². The first-order valence-electron chi connectivity index (χ1n) is 15.3. The molecule has 0 spiro atoms. The second-order valence-corrected chi connectivity index (χ2v) is 13.6. The molecule has 14 heteroatoms. The van der Waals surface area contributed by atoms with Crippen molar-refractivity contribution in [2.24, 2.45) is 0 Å². The van der Waals surface area contributed by atoms with Crippen LogP contribution in [0.3, 0.4) is 0 Å². The summed E-state index contributed by atoms with van der Waals surface area (Å²) in [7, 11) is -0.765. The van der Waals surface area contributed by atoms with Crippen LogP contribution in [0.5, 0.6) is 5.75 Å². The van der Waals surface area contributed by atoms with Crippen LogP contribution in [0.2, 0.25) is 0 Å². The number of amides is 1. The maximum atomic E-state index is 15.1. The second-order valence-electron chi connectivity index (χ2n) is 11.7. The summed E-state index contributed by atoms with van der Waals surface area (Å²) in [6.45, 7) is 5.27. The highest BCUT2D eigenvalue weighted by atomic mass is 32.2. The van der Waals surface area contributed by atoms with Crippen LogP contribution in [-0.2, 0) is 21.2 Å². The van der Waals surface area contributed by atoms with Gasteiger partial charge in [0.2, 0.25) is 11.9 Å². The van der Waals surface area contributed by atoms with Gasteiger partial charge in [-0.15, -0.1) is 0 Å². The lowest BCUT2D eigenvalue weighted by molar-refractivity contribution is -0.119. The second kappa shape index (κ2) is 11.7. The largest absolute Gasteiger partial charge is 0.495 e. The topological polar surface area (TPSA) is 131 Å². The van der Waals surface area contributed by atoms with Gasteiger partial charge in [0.25, 0.3) is 15.6 Å². The van der Waals surface area contributed by atoms with Crippen LogP contribution in [0.1, 0.15) is 18.1 Å². The Bertz CT molecular complexity index is 2440. The minimum atomic E-state index is -4.13. The standard InChI is InChI=1S/C34H32FN7O5S/c1-5-39(3)19-29(43)40-15-13-21-17-28(47-4)26(18-27(21)40)37-34-38-31-23(14-16-41(31)48(45,46)22-11-9-20(2)10-12-22)32-36-25-8-6-7-24(35)30(25)33(44)42(32)34/h6-12,14,16-18H,5,13,15,19H2,1-4H3,(H,37,38). The van der Waals surface area contributed by atoms with E-state index in [1.165, 1.54) is 49.7 Å². The molecule has 1 aliphatic rings. The summed E-state index contributed by atoms with van der Waals surface area (Å²) in [5.74, 6) is -0.551. The zero-order valence-electron chi connectivity index (χ0n) is 26.7. The van der Waals surface area contributed by atoms with Gasteiger partial charge in [-0.05, 0) is 75.0 Å². The van der Waals surface area contributed by atoms with Gasteiger partial charge in [-0.1, -0.05) is 30.7 Å². The van der Waals surface area contributed by atoms with Crippen molar-refractivity contribution >= 4 is 60.8 Å². The van der Waals surface area contributed by atoms with Gasteiger partial charge in [0.15, 0.2) is 11.3 Å². The molecule has 7 rings (SSSR count). The van der Waals surface area contributed by atoms with Gasteiger partial charge in [0.05, 0.1) is 35.1 Å². The fourth-order valence-electron chi connectivity index (χ4n) is 6.00. The lowest BCUT2D eigenvalue weighted by Gasteiger charge is -2.22. The number of methoxy groups -OCH3 is 1. The van der Waals surface area contributed by atoms with E-state index in [0.717, 1.165) is 19.5 Å². The summed E-state index contributed by atoms with van der Waals surface area (Å²) in [6, 6.07) is 15.6. The number of likely N-dealkylation sites (N-methyl/N-ethyl adjacent to an activating group) is 1. The van der Waals surface area contributed by atoms with Crippen molar-refractivity contribution in [3.05, 3.63) is 94.2 Å². The molecule has 0 bridgehead atoms. The molecule has 246 valence electrons. The maximum Gasteiger partial charge on any atom is 0.271 e. The number of nitrogens with zero attached hydrogens (tertiary/aromatic N) is 6. The Morgan fingerprint density at radius 2 is 1.85 bits per heavy atom. The number of nitrogens with one attached hydrogen (secondary N) is 1. The molecule has 6 aromatic rings. The van der Waals surface area contributed by atoms with E-state index in [-0.39, 0.29) is 50.9 Å². The molecular formula is C34H32FN7O5S. The molecule has 0 unspecified atom stereocenters. The fourth-order valence-corrected chi connectivity index (χ4v) is 7.29. The summed E-state index contributed by atoms with van der Waals surface area (Å²) < 4.78 is 50.7. The number of halogens is 1. The van der Waals surface area contributed by atoms with E-state index in [0.29, 0.717) is 36.6 Å². The number of carbonyl (C=O) groups is 1. The van der Waals surface area contributed by atoms with Crippen molar-refractivity contribution in [3.8, 4) is 5.75 Å². The molecule has 1 N–H and O–H groups in total. The predicted molar refractivity (Wildman–Crippen MR) is 181 cm³/mol. The maximum absolute atomic E-state index is 15.1. The molecule has 0 saturated heterocycles. The number of anilines is 3. The third kappa shape index (κ3) is 5.04. The number of fused-ring (bicyclic) bond motifs is 5. The number of rotatable bonds is 8. The van der Waals surface area contributed by atoms with Gasteiger partial charge in [-0.3, -0.25) is 14.5 Å². The summed E-state index contributed by atoms with van der Waals surface area (Å²) in [4.78, 5) is 40.2. The first-order valence-corrected chi connectivity index (χ1v) is 16.8. The van der Waals surface area contributed by atoms with E-state index in [9.17, 15) is 18.0 Å². The Hall–Kier alpha value is -5.34. The summed E-state index contributed by atoms with van der Waals surface area (Å²) in [6.07, 6.45) is 1.98. The van der Waals surface area contributed by atoms with Gasteiger partial charge < -0.3 is 15.0 Å². The average Bonchev–Trinajstić information content (AvgIpc) is 3.69. The van der Waals surface area contributed by atoms with Crippen LogP contribution < -0.4 is 20.5 Å². The van der Waals surface area contributed by atoms with E-state index < -0.39 is 21.4 Å². The van der Waals surface area contributed by atoms with Crippen molar-refractivity contribution in [1.82, 2.24) is 23.2 Å². The van der Waals surface area contributed by atoms with Gasteiger partial charge in [-0.2, -0.15) is 4.98 Å². The molecule has 12 nitrogen and oxygen atoms in total. The minimum absolute atomic E-state index is 0.000243. The molecule has 3 aromatic carbocycles. The number of carbonyl (C=O) groups excluding carboxylic acids is 1. The van der Waals surface area contributed by atoms with Crippen molar-refractivity contribution in [3.63, 3.8) is 0 Å². The number of ether oxygens (including phenoxy) is 1. The van der Waals surface area contributed by atoms with Crippen molar-refractivity contribution < 1.29 is 22.3 Å². The highest BCUT2D eigenvalue weighted by Crippen LogP contribution is 2.39. The van der Waals surface area contributed by atoms with E-state index in [2.05, 4.69) is 15.3 Å². The van der Waals surface area contributed by atoms with Gasteiger partial charge in [0, 0.05) is 18.4 Å². The van der Waals surface area contributed by atoms with E-state index in [1.807, 2.05) is 31.9 Å². The first kappa shape index (κ1) is 31.3. The number of benzene rings is 3. The molecule has 1 amide bonds. The highest BCUT2D eigenvalue weighted by Gasteiger charge is 2.29. The highest BCUT2D eigenvalue weighted by molar-refractivity contribution is 7.90. The molecule has 3 aromatic heterocycles. The Balaban J connectivity index is 1.46. The molecule has 0 radical (unpaired) electrons. The van der Waals surface area contributed by atoms with Gasteiger partial charge in [0.1, 0.15) is 17.0 Å². The Morgan fingerprint density at radius 1 is 1.08 bits per heavy atom. The number of hydrogen-bond acceptors (Lipinski definition) is 9. The van der Waals surface area contributed by atoms with Crippen molar-refractivity contribution in [2.45, 2.75) is 25.2 Å². The summed E-state index contributed by atoms with van der Waals surface area (Å²) >= 11 is 0. The van der Waals surface area contributed by atoms with Crippen LogP contribution in [0.25, 0.3) is 27.6 Å². The molecule has 0 atom stereocenters. The lowest BCUT2D eigenvalue weighted by Crippen LogP contribution is -2.38. The van der Waals surface area contributed by atoms with Crippen LogP contribution >= 0.6 is 0 Å². The Morgan fingerprint density at radius 3 is 2.58 bits per heavy atom. The van der Waals surface area contributed by atoms with Crippen LogP contribution in [0.15, 0.2) is 76.6 Å². The average molecular weight is 670 g/mol. The van der Waals surface area contributed by atoms with E-state index in [1.54, 1.807) is 23.1 Å². The first-order chi connectivity index (χ1) is 23.0. The monoisotopic (exact) mass is 669 g/mol. The smallest absolute Gasteiger partial charge is 0.271 e. The van der Waals surface area contributed by atoms with Crippen molar-refractivity contribution in [1.29, 1.82) is 0 Å². The third-order valence-electron chi connectivity index (χ3n) is 8.70. The number of aromatic nitrogens is 4. The molecular weight excluding hydrogens is 637 g/mol. The zero-order chi connectivity index (χ0) is 33.9. The normalized spacial score (nSPS) is 13.2. The fraction of sp³-hybridized carbons (Fsp3) is 0.235. The lowest BCUT2D eigenvalue weighted by atomic mass is 10.1. The van der Waals surface area contributed by atoms with Crippen LogP contribution in [0.4, 0.5) is 21.7 Å². The van der Waals surface area contributed by atoms with Crippen LogP contribution in [-0.4, -0.2) is 71.4 Å². The SMILES string of the molecule is CCN(C)CC(=O)N1CCc2cc(OC)c(Nc3nc4c(ccn4S(=O)(=O)c4ccc(C)cc4)c4nc5cccc(F)c5c(=O)n34)cc21. The van der Waals surface area contributed by atoms with Crippen molar-refractivity contribution in [2.75, 3.05) is 44.0 Å². The van der Waals surface area contributed by atoms with E-state index in [4.69, 9.17) is 4.74 Å². The number of hydrogen-bond donors (Lipinski definition) is 1. The molecule has 0 saturated carbocycles. The number of aryl methyl sites for hydroxylation is 1. The molecule has 4 heterocycles. The van der Waals surface area contributed by atoms with Crippen LogP contribution in [0, 0.1) is 12.7 Å². The predicted octanol–water partition coefficient (Wildman–Crippen LogP) is 4.47. The van der Waals surface area contributed by atoms with Gasteiger partial charge in [-0.25, -0.2) is 26.2 Å². The zero-order valence-corrected chi connectivity index (χ0v) is 27.5.